The predicted octanol–water partition coefficient (Wildman–Crippen LogP) is 4.34. The van der Waals surface area contributed by atoms with Crippen LogP contribution >= 0.6 is 23.4 Å². The predicted molar refractivity (Wildman–Crippen MR) is 72.4 cm³/mol. The van der Waals surface area contributed by atoms with Crippen molar-refractivity contribution < 1.29 is 0 Å². The maximum atomic E-state index is 5.76. The zero-order valence-electron chi connectivity index (χ0n) is 9.19. The fourth-order valence-corrected chi connectivity index (χ4v) is 3.17. The molecule has 16 heavy (non-hydrogen) atoms. The number of rotatable bonds is 4. The largest absolute Gasteiger partial charge is 0.256 e. The maximum Gasteiger partial charge on any atom is 0.0713 e. The molecule has 1 aromatic heterocycles. The molecule has 1 atom stereocenters. The topological polar surface area (TPSA) is 12.9 Å². The molecule has 0 aliphatic rings. The van der Waals surface area contributed by atoms with Crippen LogP contribution < -0.4 is 0 Å². The van der Waals surface area contributed by atoms with Crippen LogP contribution in [0.3, 0.4) is 0 Å². The smallest absolute Gasteiger partial charge is 0.0713 e. The Morgan fingerprint density at radius 3 is 2.94 bits per heavy atom. The number of fused-ring (bicyclic) bond motifs is 1. The Labute approximate surface area is 105 Å². The molecule has 1 aromatic carbocycles. The number of hydrogen-bond donors (Lipinski definition) is 0. The van der Waals surface area contributed by atoms with Crippen LogP contribution in [0.4, 0.5) is 0 Å². The van der Waals surface area contributed by atoms with Gasteiger partial charge in [-0.2, -0.15) is 0 Å². The summed E-state index contributed by atoms with van der Waals surface area (Å²) in [4.78, 5) is 5.65. The van der Waals surface area contributed by atoms with Crippen molar-refractivity contribution in [1.82, 2.24) is 4.98 Å². The first-order valence-electron chi connectivity index (χ1n) is 5.37. The third-order valence-corrected chi connectivity index (χ3v) is 3.92. The van der Waals surface area contributed by atoms with Gasteiger partial charge in [0.2, 0.25) is 0 Å². The summed E-state index contributed by atoms with van der Waals surface area (Å²) in [7, 11) is 0. The Morgan fingerprint density at radius 1 is 1.31 bits per heavy atom. The SMILES string of the molecule is CC(CCCl)Sc1ccnc2ccccc12. The quantitative estimate of drug-likeness (QED) is 0.592. The number of para-hydroxylation sites is 1. The average molecular weight is 252 g/mol. The molecule has 0 amide bonds. The normalized spacial score (nSPS) is 12.9. The molecule has 0 saturated heterocycles. The lowest BCUT2D eigenvalue weighted by Gasteiger charge is -2.10. The van der Waals surface area contributed by atoms with E-state index in [0.29, 0.717) is 5.25 Å². The molecular weight excluding hydrogens is 238 g/mol. The van der Waals surface area contributed by atoms with E-state index in [-0.39, 0.29) is 0 Å². The molecule has 1 nitrogen and oxygen atoms in total. The first-order valence-corrected chi connectivity index (χ1v) is 6.79. The highest BCUT2D eigenvalue weighted by Crippen LogP contribution is 2.30. The van der Waals surface area contributed by atoms with E-state index in [0.717, 1.165) is 17.8 Å². The van der Waals surface area contributed by atoms with Gasteiger partial charge in [0.05, 0.1) is 5.52 Å². The van der Waals surface area contributed by atoms with E-state index in [9.17, 15) is 0 Å². The molecule has 84 valence electrons. The van der Waals surface area contributed by atoms with Crippen LogP contribution in [0.2, 0.25) is 0 Å². The Hall–Kier alpha value is -0.730. The van der Waals surface area contributed by atoms with Crippen molar-refractivity contribution in [3.05, 3.63) is 36.5 Å². The molecule has 0 radical (unpaired) electrons. The first kappa shape index (κ1) is 11.7. The molecule has 0 fully saturated rings. The summed E-state index contributed by atoms with van der Waals surface area (Å²) in [5, 5.41) is 1.78. The number of benzene rings is 1. The van der Waals surface area contributed by atoms with Crippen molar-refractivity contribution in [3.8, 4) is 0 Å². The number of alkyl halides is 1. The van der Waals surface area contributed by atoms with Crippen LogP contribution in [0, 0.1) is 0 Å². The molecule has 1 heterocycles. The van der Waals surface area contributed by atoms with Crippen LogP contribution in [-0.4, -0.2) is 16.1 Å². The van der Waals surface area contributed by atoms with Crippen molar-refractivity contribution in [2.24, 2.45) is 0 Å². The van der Waals surface area contributed by atoms with E-state index < -0.39 is 0 Å². The summed E-state index contributed by atoms with van der Waals surface area (Å²) in [6, 6.07) is 10.3. The van der Waals surface area contributed by atoms with Crippen LogP contribution in [-0.2, 0) is 0 Å². The lowest BCUT2D eigenvalue weighted by Crippen LogP contribution is -1.96. The third-order valence-electron chi connectivity index (χ3n) is 2.45. The highest BCUT2D eigenvalue weighted by molar-refractivity contribution is 8.00. The zero-order chi connectivity index (χ0) is 11.4. The molecule has 0 bridgehead atoms. The van der Waals surface area contributed by atoms with Crippen LogP contribution in [0.25, 0.3) is 10.9 Å². The molecule has 0 aliphatic carbocycles. The van der Waals surface area contributed by atoms with Gasteiger partial charge in [-0.25, -0.2) is 0 Å². The van der Waals surface area contributed by atoms with E-state index in [1.807, 2.05) is 30.1 Å². The fourth-order valence-electron chi connectivity index (χ4n) is 1.60. The number of hydrogen-bond acceptors (Lipinski definition) is 2. The van der Waals surface area contributed by atoms with Gasteiger partial charge in [0.15, 0.2) is 0 Å². The molecule has 0 spiro atoms. The van der Waals surface area contributed by atoms with Gasteiger partial charge in [0.1, 0.15) is 0 Å². The highest BCUT2D eigenvalue weighted by Gasteiger charge is 2.07. The van der Waals surface area contributed by atoms with Crippen LogP contribution in [0.15, 0.2) is 41.4 Å². The number of halogens is 1. The summed E-state index contributed by atoms with van der Waals surface area (Å²) in [5.74, 6) is 0.719. The van der Waals surface area contributed by atoms with Gasteiger partial charge in [-0.05, 0) is 18.6 Å². The standard InChI is InChI=1S/C13H14ClNS/c1-10(6-8-14)16-13-7-9-15-12-5-3-2-4-11(12)13/h2-5,7,9-10H,6,8H2,1H3. The van der Waals surface area contributed by atoms with Gasteiger partial charge >= 0.3 is 0 Å². The van der Waals surface area contributed by atoms with Crippen molar-refractivity contribution in [2.75, 3.05) is 5.88 Å². The number of thioether (sulfide) groups is 1. The summed E-state index contributed by atoms with van der Waals surface area (Å²) >= 11 is 7.63. The van der Waals surface area contributed by atoms with Gasteiger partial charge in [-0.3, -0.25) is 4.98 Å². The minimum atomic E-state index is 0.545. The van der Waals surface area contributed by atoms with Gasteiger partial charge in [-0.1, -0.05) is 25.1 Å². The Morgan fingerprint density at radius 2 is 2.12 bits per heavy atom. The van der Waals surface area contributed by atoms with Gasteiger partial charge in [0, 0.05) is 27.6 Å². The highest BCUT2D eigenvalue weighted by atomic mass is 35.5. The average Bonchev–Trinajstić information content (AvgIpc) is 2.30. The molecule has 1 unspecified atom stereocenters. The monoisotopic (exact) mass is 251 g/mol. The van der Waals surface area contributed by atoms with Crippen molar-refractivity contribution in [1.29, 1.82) is 0 Å². The van der Waals surface area contributed by atoms with Gasteiger partial charge in [-0.15, -0.1) is 23.4 Å². The van der Waals surface area contributed by atoms with Crippen LogP contribution in [0.5, 0.6) is 0 Å². The lowest BCUT2D eigenvalue weighted by atomic mass is 10.2. The Balaban J connectivity index is 2.30. The van der Waals surface area contributed by atoms with E-state index in [1.165, 1.54) is 10.3 Å². The molecular formula is C13H14ClNS. The Bertz CT molecular complexity index is 467. The van der Waals surface area contributed by atoms with Crippen molar-refractivity contribution >= 4 is 34.3 Å². The van der Waals surface area contributed by atoms with E-state index in [2.05, 4.69) is 30.1 Å². The van der Waals surface area contributed by atoms with E-state index >= 15 is 0 Å². The minimum Gasteiger partial charge on any atom is -0.256 e. The molecule has 2 rings (SSSR count). The molecule has 0 saturated carbocycles. The van der Waals surface area contributed by atoms with Gasteiger partial charge < -0.3 is 0 Å². The number of nitrogens with zero attached hydrogens (tertiary/aromatic N) is 1. The maximum absolute atomic E-state index is 5.76. The second kappa shape index (κ2) is 5.55. The van der Waals surface area contributed by atoms with Gasteiger partial charge in [0.25, 0.3) is 0 Å². The molecule has 0 N–H and O–H groups in total. The van der Waals surface area contributed by atoms with Crippen LogP contribution in [0.1, 0.15) is 13.3 Å². The van der Waals surface area contributed by atoms with Crippen molar-refractivity contribution in [3.63, 3.8) is 0 Å². The molecule has 0 aliphatic heterocycles. The van der Waals surface area contributed by atoms with Crippen molar-refractivity contribution in [2.45, 2.75) is 23.5 Å². The van der Waals surface area contributed by atoms with E-state index in [4.69, 9.17) is 11.6 Å². The molecule has 2 aromatic rings. The third kappa shape index (κ3) is 2.69. The number of pyridine rings is 1. The van der Waals surface area contributed by atoms with E-state index in [1.54, 1.807) is 0 Å². The summed E-state index contributed by atoms with van der Waals surface area (Å²) in [5.41, 5.74) is 1.06. The lowest BCUT2D eigenvalue weighted by molar-refractivity contribution is 0.913. The zero-order valence-corrected chi connectivity index (χ0v) is 10.8. The summed E-state index contributed by atoms with van der Waals surface area (Å²) in [6.45, 7) is 2.21. The number of aromatic nitrogens is 1. The summed E-state index contributed by atoms with van der Waals surface area (Å²) in [6.07, 6.45) is 2.90. The second-order valence-corrected chi connectivity index (χ2v) is 5.59. The Kier molecular flexibility index (Phi) is 4.08. The minimum absolute atomic E-state index is 0.545. The fraction of sp³-hybridized carbons (Fsp3) is 0.308. The molecule has 3 heteroatoms. The second-order valence-electron chi connectivity index (χ2n) is 3.73. The first-order chi connectivity index (χ1) is 7.81. The summed E-state index contributed by atoms with van der Waals surface area (Å²) < 4.78 is 0.